The molecule has 1 aliphatic rings. The van der Waals surface area contributed by atoms with Gasteiger partial charge in [0.05, 0.1) is 31.6 Å². The van der Waals surface area contributed by atoms with E-state index in [-0.39, 0.29) is 24.2 Å². The lowest BCUT2D eigenvalue weighted by atomic mass is 9.88. The molecule has 0 aromatic rings. The van der Waals surface area contributed by atoms with Gasteiger partial charge in [-0.25, -0.2) is 10.1 Å². The molecule has 6 nitrogen and oxygen atoms in total. The first-order valence-electron chi connectivity index (χ1n) is 7.13. The number of rotatable bonds is 6. The predicted molar refractivity (Wildman–Crippen MR) is 81.5 cm³/mol. The predicted octanol–water partition coefficient (Wildman–Crippen LogP) is 2.16. The van der Waals surface area contributed by atoms with Gasteiger partial charge >= 0.3 is 0 Å². The van der Waals surface area contributed by atoms with Crippen LogP contribution in [0.25, 0.3) is 0 Å². The van der Waals surface area contributed by atoms with Crippen LogP contribution in [0.15, 0.2) is 17.1 Å². The number of methoxy groups -OCH3 is 1. The van der Waals surface area contributed by atoms with Crippen LogP contribution >= 0.6 is 0 Å². The second kappa shape index (κ2) is 7.18. The van der Waals surface area contributed by atoms with Crippen LogP contribution < -0.4 is 0 Å². The Bertz CT molecular complexity index is 410. The zero-order chi connectivity index (χ0) is 16.2. The molecule has 1 atom stereocenters. The molecule has 0 bridgehead atoms. The minimum absolute atomic E-state index is 0.0965. The van der Waals surface area contributed by atoms with Crippen molar-refractivity contribution in [2.24, 2.45) is 4.99 Å². The molecule has 0 spiro atoms. The highest BCUT2D eigenvalue weighted by Crippen LogP contribution is 2.29. The lowest BCUT2D eigenvalue weighted by Gasteiger charge is -2.53. The summed E-state index contributed by atoms with van der Waals surface area (Å²) in [5.74, 6) is 0.579. The fourth-order valence-corrected chi connectivity index (χ4v) is 1.78. The highest BCUT2D eigenvalue weighted by molar-refractivity contribution is 6.27. The normalized spacial score (nSPS) is 22.7. The number of nitrogens with zero attached hydrogens (tertiary/aromatic N) is 2. The van der Waals surface area contributed by atoms with Crippen molar-refractivity contribution in [2.75, 3.05) is 7.11 Å². The molecule has 21 heavy (non-hydrogen) atoms. The Balaban J connectivity index is 3.21. The van der Waals surface area contributed by atoms with E-state index < -0.39 is 5.62 Å². The Morgan fingerprint density at radius 2 is 1.71 bits per heavy atom. The second-order valence-corrected chi connectivity index (χ2v) is 5.58. The molecular weight excluding hydrogens is 271 g/mol. The van der Waals surface area contributed by atoms with Crippen molar-refractivity contribution in [1.82, 2.24) is 5.06 Å². The average Bonchev–Trinajstić information content (AvgIpc) is 2.33. The second-order valence-electron chi connectivity index (χ2n) is 5.58. The van der Waals surface area contributed by atoms with Gasteiger partial charge < -0.3 is 22.1 Å². The Morgan fingerprint density at radius 1 is 1.10 bits per heavy atom. The lowest BCUT2D eigenvalue weighted by molar-refractivity contribution is -0.278. The molecule has 0 aromatic carbocycles. The van der Waals surface area contributed by atoms with E-state index in [0.29, 0.717) is 5.88 Å². The summed E-state index contributed by atoms with van der Waals surface area (Å²) in [6.07, 6.45) is 1.11. The van der Waals surface area contributed by atoms with E-state index in [1.54, 1.807) is 0 Å². The number of ether oxygens (including phenoxy) is 3. The minimum atomic E-state index is -1.48. The van der Waals surface area contributed by atoms with Gasteiger partial charge in [-0.2, -0.15) is 0 Å². The molecule has 0 fully saturated rings. The van der Waals surface area contributed by atoms with Crippen LogP contribution in [0.2, 0.25) is 0 Å². The lowest BCUT2D eigenvalue weighted by Crippen LogP contribution is -2.60. The summed E-state index contributed by atoms with van der Waals surface area (Å²) in [6.45, 7) is 11.3. The maximum atomic E-state index is 6.41. The first-order chi connectivity index (χ1) is 9.70. The largest absolute Gasteiger partial charge is 0.532 e. The fraction of sp³-hybridized carbons (Fsp3) is 0.786. The van der Waals surface area contributed by atoms with Crippen molar-refractivity contribution in [3.8, 4) is 0 Å². The summed E-state index contributed by atoms with van der Waals surface area (Å²) in [7, 11) is 7.93. The first kappa shape index (κ1) is 17.8. The third-order valence-electron chi connectivity index (χ3n) is 2.39. The molecule has 0 aliphatic carbocycles. The zero-order valence-electron chi connectivity index (χ0n) is 13.9. The van der Waals surface area contributed by atoms with Gasteiger partial charge in [-0.1, -0.05) is 0 Å². The SMILES string of the molecule is [B-]C1(OC(C)C)C(OC(C)C)=NC=C(OC)N1OC(C)C. The molecule has 7 heteroatoms. The third kappa shape index (κ3) is 4.38. The summed E-state index contributed by atoms with van der Waals surface area (Å²) in [5.41, 5.74) is -1.48. The van der Waals surface area contributed by atoms with E-state index in [2.05, 4.69) is 4.99 Å². The molecule has 1 unspecified atom stereocenters. The average molecular weight is 296 g/mol. The number of hydrogen-bond acceptors (Lipinski definition) is 6. The van der Waals surface area contributed by atoms with Gasteiger partial charge in [-0.15, -0.1) is 0 Å². The van der Waals surface area contributed by atoms with Crippen molar-refractivity contribution in [1.29, 1.82) is 0 Å². The van der Waals surface area contributed by atoms with E-state index in [0.717, 1.165) is 0 Å². The van der Waals surface area contributed by atoms with Crippen LogP contribution in [0.3, 0.4) is 0 Å². The molecule has 0 saturated heterocycles. The maximum Gasteiger partial charge on any atom is 0.232 e. The van der Waals surface area contributed by atoms with Crippen LogP contribution in [-0.4, -0.2) is 49.9 Å². The molecular formula is C14H25BN2O4-. The molecule has 1 heterocycles. The summed E-state index contributed by atoms with van der Waals surface area (Å²) in [4.78, 5) is 9.97. The monoisotopic (exact) mass is 296 g/mol. The van der Waals surface area contributed by atoms with Gasteiger partial charge in [0, 0.05) is 5.62 Å². The standard InChI is InChI=1S/C14H25BN2O4/c1-9(2)19-13-14(15,20-10(3)4)17(21-11(5)6)12(18-7)8-16-13/h8-11H,1-7H3/q-1. The first-order valence-corrected chi connectivity index (χ1v) is 7.13. The van der Waals surface area contributed by atoms with Gasteiger partial charge in [-0.3, -0.25) is 4.84 Å². The quantitative estimate of drug-likeness (QED) is 0.703. The minimum Gasteiger partial charge on any atom is -0.532 e. The van der Waals surface area contributed by atoms with Gasteiger partial charge in [0.1, 0.15) is 0 Å². The van der Waals surface area contributed by atoms with Crippen LogP contribution in [0.5, 0.6) is 0 Å². The Kier molecular flexibility index (Phi) is 6.10. The van der Waals surface area contributed by atoms with Gasteiger partial charge in [-0.05, 0) is 41.5 Å². The van der Waals surface area contributed by atoms with Gasteiger partial charge in [0.25, 0.3) is 0 Å². The maximum absolute atomic E-state index is 6.41. The molecule has 0 aromatic heterocycles. The van der Waals surface area contributed by atoms with E-state index in [4.69, 9.17) is 26.9 Å². The smallest absolute Gasteiger partial charge is 0.232 e. The number of aliphatic imine (C=N–C) groups is 1. The molecule has 1 rings (SSSR count). The molecule has 3 radical (unpaired) electrons. The molecule has 0 saturated carbocycles. The third-order valence-corrected chi connectivity index (χ3v) is 2.39. The van der Waals surface area contributed by atoms with E-state index in [9.17, 15) is 0 Å². The van der Waals surface area contributed by atoms with Crippen LogP contribution in [0.4, 0.5) is 0 Å². The summed E-state index contributed by atoms with van der Waals surface area (Å²) in [6, 6.07) is 0. The van der Waals surface area contributed by atoms with Crippen molar-refractivity contribution in [2.45, 2.75) is 65.5 Å². The van der Waals surface area contributed by atoms with Crippen molar-refractivity contribution < 1.29 is 19.0 Å². The van der Waals surface area contributed by atoms with Crippen molar-refractivity contribution >= 4 is 13.7 Å². The van der Waals surface area contributed by atoms with Gasteiger partial charge in [0.2, 0.25) is 5.88 Å². The van der Waals surface area contributed by atoms with E-state index in [1.807, 2.05) is 41.5 Å². The fourth-order valence-electron chi connectivity index (χ4n) is 1.78. The van der Waals surface area contributed by atoms with Crippen LogP contribution in [0.1, 0.15) is 41.5 Å². The molecule has 0 amide bonds. The molecule has 1 aliphatic heterocycles. The Morgan fingerprint density at radius 3 is 2.14 bits per heavy atom. The van der Waals surface area contributed by atoms with E-state index >= 15 is 0 Å². The van der Waals surface area contributed by atoms with E-state index in [1.165, 1.54) is 18.4 Å². The number of hydroxylamine groups is 2. The zero-order valence-corrected chi connectivity index (χ0v) is 13.9. The van der Waals surface area contributed by atoms with Crippen LogP contribution in [-0.2, 0) is 19.0 Å². The molecule has 119 valence electrons. The topological polar surface area (TPSA) is 52.5 Å². The van der Waals surface area contributed by atoms with Crippen LogP contribution in [0, 0.1) is 0 Å². The summed E-state index contributed by atoms with van der Waals surface area (Å²) in [5, 5.41) is 1.36. The van der Waals surface area contributed by atoms with Crippen molar-refractivity contribution in [3.05, 3.63) is 12.1 Å². The van der Waals surface area contributed by atoms with Crippen molar-refractivity contribution in [3.63, 3.8) is 0 Å². The van der Waals surface area contributed by atoms with Gasteiger partial charge in [0.15, 0.2) is 5.90 Å². The Labute approximate surface area is 128 Å². The summed E-state index contributed by atoms with van der Waals surface area (Å²) < 4.78 is 16.8. The Hall–Kier alpha value is -1.21. The highest BCUT2D eigenvalue weighted by Gasteiger charge is 2.36. The highest BCUT2D eigenvalue weighted by atomic mass is 16.8. The molecule has 0 N–H and O–H groups in total. The summed E-state index contributed by atoms with van der Waals surface area (Å²) >= 11 is 0. The number of hydrogen-bond donors (Lipinski definition) is 0.